The molecule has 3 nitrogen and oxygen atoms in total. The summed E-state index contributed by atoms with van der Waals surface area (Å²) in [5, 5.41) is 0.687. The highest BCUT2D eigenvalue weighted by atomic mass is 35.5. The van der Waals surface area contributed by atoms with Crippen molar-refractivity contribution in [1.29, 1.82) is 0 Å². The summed E-state index contributed by atoms with van der Waals surface area (Å²) in [5.41, 5.74) is 2.57. The highest BCUT2D eigenvalue weighted by molar-refractivity contribution is 6.30. The number of amides is 1. The van der Waals surface area contributed by atoms with Crippen LogP contribution in [0.25, 0.3) is 0 Å². The van der Waals surface area contributed by atoms with Crippen LogP contribution in [0.4, 0.5) is 5.69 Å². The van der Waals surface area contributed by atoms with Gasteiger partial charge in [0.1, 0.15) is 0 Å². The molecular weight excluding hydrogens is 344 g/mol. The van der Waals surface area contributed by atoms with Crippen LogP contribution < -0.4 is 4.90 Å². The molecule has 4 rings (SSSR count). The third-order valence-corrected chi connectivity index (χ3v) is 5.21. The lowest BCUT2D eigenvalue weighted by atomic mass is 9.94. The monoisotopic (exact) mass is 362 g/mol. The van der Waals surface area contributed by atoms with Crippen LogP contribution in [0.1, 0.15) is 24.0 Å². The molecule has 1 heterocycles. The van der Waals surface area contributed by atoms with E-state index in [1.54, 1.807) is 12.4 Å². The van der Waals surface area contributed by atoms with Crippen LogP contribution in [-0.2, 0) is 16.8 Å². The van der Waals surface area contributed by atoms with Crippen LogP contribution in [0.3, 0.4) is 0 Å². The van der Waals surface area contributed by atoms with E-state index in [1.807, 2.05) is 71.6 Å². The number of pyridine rings is 1. The molecule has 0 radical (unpaired) electrons. The first kappa shape index (κ1) is 16.8. The third kappa shape index (κ3) is 3.23. The Hall–Kier alpha value is -2.65. The second-order valence-electron chi connectivity index (χ2n) is 6.67. The topological polar surface area (TPSA) is 33.2 Å². The average molecular weight is 363 g/mol. The number of carbonyl (C=O) groups is 1. The molecule has 3 aromatic rings. The van der Waals surface area contributed by atoms with Crippen molar-refractivity contribution in [3.8, 4) is 0 Å². The van der Waals surface area contributed by atoms with Gasteiger partial charge in [-0.3, -0.25) is 9.78 Å². The predicted octanol–water partition coefficient (Wildman–Crippen LogP) is 5.00. The molecule has 1 aliphatic rings. The Morgan fingerprint density at radius 2 is 1.62 bits per heavy atom. The van der Waals surface area contributed by atoms with Crippen LogP contribution in [0.15, 0.2) is 79.1 Å². The molecule has 4 heteroatoms. The maximum atomic E-state index is 13.6. The number of halogens is 1. The molecule has 0 N–H and O–H groups in total. The summed E-state index contributed by atoms with van der Waals surface area (Å²) in [6.07, 6.45) is 5.18. The van der Waals surface area contributed by atoms with E-state index in [4.69, 9.17) is 11.6 Å². The molecule has 0 spiro atoms. The molecule has 1 fully saturated rings. The van der Waals surface area contributed by atoms with Crippen LogP contribution in [-0.4, -0.2) is 10.9 Å². The van der Waals surface area contributed by atoms with E-state index in [0.717, 1.165) is 29.7 Å². The van der Waals surface area contributed by atoms with Crippen LogP contribution in [0.2, 0.25) is 5.02 Å². The lowest BCUT2D eigenvalue weighted by Crippen LogP contribution is -2.39. The van der Waals surface area contributed by atoms with Gasteiger partial charge in [0.05, 0.1) is 12.0 Å². The first-order valence-corrected chi connectivity index (χ1v) is 9.09. The number of aromatic nitrogens is 1. The number of carbonyl (C=O) groups excluding carboxylic acids is 1. The van der Waals surface area contributed by atoms with Crippen molar-refractivity contribution in [2.45, 2.75) is 24.8 Å². The Balaban J connectivity index is 1.69. The first-order valence-electron chi connectivity index (χ1n) is 8.71. The highest BCUT2D eigenvalue weighted by Crippen LogP contribution is 2.50. The van der Waals surface area contributed by atoms with Gasteiger partial charge in [0.2, 0.25) is 5.91 Å². The van der Waals surface area contributed by atoms with E-state index < -0.39 is 5.41 Å². The number of anilines is 1. The molecule has 26 heavy (non-hydrogen) atoms. The largest absolute Gasteiger partial charge is 0.307 e. The molecule has 0 atom stereocenters. The van der Waals surface area contributed by atoms with Gasteiger partial charge in [0.15, 0.2) is 0 Å². The fourth-order valence-corrected chi connectivity index (χ4v) is 3.47. The Morgan fingerprint density at radius 3 is 2.23 bits per heavy atom. The van der Waals surface area contributed by atoms with E-state index >= 15 is 0 Å². The van der Waals surface area contributed by atoms with E-state index in [-0.39, 0.29) is 5.91 Å². The van der Waals surface area contributed by atoms with E-state index in [2.05, 4.69) is 4.98 Å². The molecule has 2 aromatic carbocycles. The molecule has 1 aliphatic carbocycles. The summed E-state index contributed by atoms with van der Waals surface area (Å²) >= 11 is 6.03. The van der Waals surface area contributed by atoms with E-state index in [0.29, 0.717) is 11.6 Å². The summed E-state index contributed by atoms with van der Waals surface area (Å²) in [5.74, 6) is 0.134. The molecule has 0 aliphatic heterocycles. The highest BCUT2D eigenvalue weighted by Gasteiger charge is 2.53. The number of hydrogen-bond donors (Lipinski definition) is 0. The van der Waals surface area contributed by atoms with Crippen molar-refractivity contribution in [3.63, 3.8) is 0 Å². The van der Waals surface area contributed by atoms with Crippen molar-refractivity contribution in [1.82, 2.24) is 4.98 Å². The van der Waals surface area contributed by atoms with Gasteiger partial charge in [0.25, 0.3) is 0 Å². The fraction of sp³-hybridized carbons (Fsp3) is 0.182. The Kier molecular flexibility index (Phi) is 4.48. The molecule has 0 saturated heterocycles. The predicted molar refractivity (Wildman–Crippen MR) is 104 cm³/mol. The van der Waals surface area contributed by atoms with Crippen molar-refractivity contribution >= 4 is 23.2 Å². The van der Waals surface area contributed by atoms with E-state index in [1.165, 1.54) is 0 Å². The summed E-state index contributed by atoms with van der Waals surface area (Å²) in [7, 11) is 0. The SMILES string of the molecule is O=C(N(Cc1ccccc1)c1ccncc1)C1(c2ccc(Cl)cc2)CC1. The second-order valence-corrected chi connectivity index (χ2v) is 7.11. The Morgan fingerprint density at radius 1 is 0.962 bits per heavy atom. The van der Waals surface area contributed by atoms with Crippen LogP contribution in [0.5, 0.6) is 0 Å². The minimum Gasteiger partial charge on any atom is -0.307 e. The maximum Gasteiger partial charge on any atom is 0.237 e. The van der Waals surface area contributed by atoms with Crippen LogP contribution >= 0.6 is 11.6 Å². The van der Waals surface area contributed by atoms with Gasteiger partial charge in [-0.25, -0.2) is 0 Å². The van der Waals surface area contributed by atoms with Gasteiger partial charge in [-0.2, -0.15) is 0 Å². The zero-order valence-electron chi connectivity index (χ0n) is 14.3. The van der Waals surface area contributed by atoms with Crippen LogP contribution in [0, 0.1) is 0 Å². The first-order chi connectivity index (χ1) is 12.7. The Labute approximate surface area is 158 Å². The summed E-state index contributed by atoms with van der Waals surface area (Å²) < 4.78 is 0. The van der Waals surface area contributed by atoms with Gasteiger partial charge in [-0.05, 0) is 48.2 Å². The molecule has 1 saturated carbocycles. The smallest absolute Gasteiger partial charge is 0.237 e. The second kappa shape index (κ2) is 6.93. The van der Waals surface area contributed by atoms with Gasteiger partial charge < -0.3 is 4.90 Å². The minimum atomic E-state index is -0.442. The standard InChI is InChI=1S/C22H19ClN2O/c23-19-8-6-18(7-9-19)22(12-13-22)21(26)25(20-10-14-24-15-11-20)16-17-4-2-1-3-5-17/h1-11,14-15H,12-13,16H2. The van der Waals surface area contributed by atoms with Crippen molar-refractivity contribution < 1.29 is 4.79 Å². The normalized spacial score (nSPS) is 14.7. The quantitative estimate of drug-likeness (QED) is 0.640. The summed E-state index contributed by atoms with van der Waals surface area (Å²) in [6.45, 7) is 0.541. The number of hydrogen-bond acceptors (Lipinski definition) is 2. The van der Waals surface area contributed by atoms with Crippen molar-refractivity contribution in [2.24, 2.45) is 0 Å². The molecular formula is C22H19ClN2O. The molecule has 0 unspecified atom stereocenters. The zero-order valence-corrected chi connectivity index (χ0v) is 15.1. The Bertz CT molecular complexity index is 890. The number of nitrogens with zero attached hydrogens (tertiary/aromatic N) is 2. The number of benzene rings is 2. The lowest BCUT2D eigenvalue weighted by Gasteiger charge is -2.28. The summed E-state index contributed by atoms with van der Waals surface area (Å²) in [6, 6.07) is 21.5. The number of rotatable bonds is 5. The zero-order chi connectivity index (χ0) is 18.0. The fourth-order valence-electron chi connectivity index (χ4n) is 3.35. The van der Waals surface area contributed by atoms with Gasteiger partial charge >= 0.3 is 0 Å². The minimum absolute atomic E-state index is 0.134. The van der Waals surface area contributed by atoms with Gasteiger partial charge in [0, 0.05) is 23.1 Å². The molecule has 1 amide bonds. The van der Waals surface area contributed by atoms with Crippen molar-refractivity contribution in [2.75, 3.05) is 4.90 Å². The third-order valence-electron chi connectivity index (χ3n) is 4.96. The van der Waals surface area contributed by atoms with Crippen molar-refractivity contribution in [3.05, 3.63) is 95.3 Å². The van der Waals surface area contributed by atoms with E-state index in [9.17, 15) is 4.79 Å². The summed E-state index contributed by atoms with van der Waals surface area (Å²) in [4.78, 5) is 19.6. The molecule has 1 aromatic heterocycles. The van der Waals surface area contributed by atoms with Gasteiger partial charge in [-0.1, -0.05) is 54.1 Å². The van der Waals surface area contributed by atoms with Gasteiger partial charge in [-0.15, -0.1) is 0 Å². The average Bonchev–Trinajstić information content (AvgIpc) is 3.50. The molecule has 0 bridgehead atoms. The molecule has 130 valence electrons. The lowest BCUT2D eigenvalue weighted by molar-refractivity contribution is -0.121. The maximum absolute atomic E-state index is 13.6.